The molecule has 90 valence electrons. The lowest BCUT2D eigenvalue weighted by Crippen LogP contribution is -2.28. The molecule has 0 heterocycles. The SMILES string of the molecule is CCSc1ccc(C(C)NC(C)CC)cc1. The topological polar surface area (TPSA) is 12.0 Å². The van der Waals surface area contributed by atoms with E-state index in [4.69, 9.17) is 0 Å². The fraction of sp³-hybridized carbons (Fsp3) is 0.571. The van der Waals surface area contributed by atoms with Gasteiger partial charge < -0.3 is 5.32 Å². The molecule has 2 unspecified atom stereocenters. The standard InChI is InChI=1S/C14H23NS/c1-5-11(3)15-12(4)13-7-9-14(10-8-13)16-6-2/h7-12,15H,5-6H2,1-4H3. The fourth-order valence-electron chi connectivity index (χ4n) is 1.66. The van der Waals surface area contributed by atoms with Gasteiger partial charge in [0.1, 0.15) is 0 Å². The summed E-state index contributed by atoms with van der Waals surface area (Å²) in [5, 5.41) is 3.59. The van der Waals surface area contributed by atoms with E-state index in [1.807, 2.05) is 11.8 Å². The number of rotatable bonds is 6. The third-order valence-corrected chi connectivity index (χ3v) is 3.73. The monoisotopic (exact) mass is 237 g/mol. The molecule has 0 saturated heterocycles. The Morgan fingerprint density at radius 1 is 1.12 bits per heavy atom. The lowest BCUT2D eigenvalue weighted by Gasteiger charge is -2.19. The van der Waals surface area contributed by atoms with Gasteiger partial charge in [0, 0.05) is 17.0 Å². The quantitative estimate of drug-likeness (QED) is 0.742. The van der Waals surface area contributed by atoms with Gasteiger partial charge in [0.15, 0.2) is 0 Å². The predicted octanol–water partition coefficient (Wildman–Crippen LogP) is 4.25. The van der Waals surface area contributed by atoms with Gasteiger partial charge in [0.25, 0.3) is 0 Å². The van der Waals surface area contributed by atoms with Crippen LogP contribution in [0.2, 0.25) is 0 Å². The van der Waals surface area contributed by atoms with Crippen LogP contribution in [0.15, 0.2) is 29.2 Å². The van der Waals surface area contributed by atoms with Crippen molar-refractivity contribution in [3.63, 3.8) is 0 Å². The molecule has 0 radical (unpaired) electrons. The zero-order valence-corrected chi connectivity index (χ0v) is 11.6. The van der Waals surface area contributed by atoms with Gasteiger partial charge in [0.2, 0.25) is 0 Å². The Bertz CT molecular complexity index is 294. The van der Waals surface area contributed by atoms with Crippen molar-refractivity contribution in [1.29, 1.82) is 0 Å². The minimum absolute atomic E-state index is 0.440. The van der Waals surface area contributed by atoms with Crippen LogP contribution in [0.4, 0.5) is 0 Å². The Morgan fingerprint density at radius 2 is 1.75 bits per heavy atom. The average Bonchev–Trinajstić information content (AvgIpc) is 2.30. The van der Waals surface area contributed by atoms with Crippen molar-refractivity contribution in [3.05, 3.63) is 29.8 Å². The highest BCUT2D eigenvalue weighted by Crippen LogP contribution is 2.21. The van der Waals surface area contributed by atoms with Crippen LogP contribution in [-0.2, 0) is 0 Å². The lowest BCUT2D eigenvalue weighted by atomic mass is 10.1. The van der Waals surface area contributed by atoms with E-state index in [0.717, 1.165) is 5.75 Å². The molecule has 0 aliphatic rings. The molecule has 0 bridgehead atoms. The number of thioether (sulfide) groups is 1. The third kappa shape index (κ3) is 4.18. The van der Waals surface area contributed by atoms with Gasteiger partial charge in [-0.25, -0.2) is 0 Å². The zero-order chi connectivity index (χ0) is 12.0. The van der Waals surface area contributed by atoms with E-state index in [2.05, 4.69) is 57.3 Å². The molecule has 1 aromatic rings. The molecule has 0 saturated carbocycles. The molecule has 0 amide bonds. The maximum Gasteiger partial charge on any atom is 0.0294 e. The summed E-state index contributed by atoms with van der Waals surface area (Å²) in [6.45, 7) is 8.86. The van der Waals surface area contributed by atoms with Crippen LogP contribution in [0.5, 0.6) is 0 Å². The maximum absolute atomic E-state index is 3.59. The number of hydrogen-bond donors (Lipinski definition) is 1. The number of nitrogens with one attached hydrogen (secondary N) is 1. The van der Waals surface area contributed by atoms with E-state index in [1.165, 1.54) is 16.9 Å². The van der Waals surface area contributed by atoms with E-state index in [1.54, 1.807) is 0 Å². The highest BCUT2D eigenvalue weighted by atomic mass is 32.2. The second kappa shape index (κ2) is 6.97. The van der Waals surface area contributed by atoms with Crippen LogP contribution in [-0.4, -0.2) is 11.8 Å². The maximum atomic E-state index is 3.59. The van der Waals surface area contributed by atoms with Gasteiger partial charge in [-0.15, -0.1) is 11.8 Å². The van der Waals surface area contributed by atoms with Crippen molar-refractivity contribution in [2.75, 3.05) is 5.75 Å². The lowest BCUT2D eigenvalue weighted by molar-refractivity contribution is 0.469. The number of hydrogen-bond acceptors (Lipinski definition) is 2. The van der Waals surface area contributed by atoms with E-state index in [0.29, 0.717) is 12.1 Å². The van der Waals surface area contributed by atoms with E-state index in [-0.39, 0.29) is 0 Å². The van der Waals surface area contributed by atoms with Gasteiger partial charge in [-0.1, -0.05) is 26.0 Å². The van der Waals surface area contributed by atoms with Crippen molar-refractivity contribution < 1.29 is 0 Å². The molecule has 1 rings (SSSR count). The largest absolute Gasteiger partial charge is 0.308 e. The summed E-state index contributed by atoms with van der Waals surface area (Å²) in [5.41, 5.74) is 1.38. The second-order valence-electron chi connectivity index (χ2n) is 4.20. The van der Waals surface area contributed by atoms with Crippen molar-refractivity contribution in [3.8, 4) is 0 Å². The molecular formula is C14H23NS. The zero-order valence-electron chi connectivity index (χ0n) is 10.8. The van der Waals surface area contributed by atoms with E-state index >= 15 is 0 Å². The van der Waals surface area contributed by atoms with Crippen LogP contribution in [0, 0.1) is 0 Å². The van der Waals surface area contributed by atoms with Crippen molar-refractivity contribution in [1.82, 2.24) is 5.32 Å². The summed E-state index contributed by atoms with van der Waals surface area (Å²) >= 11 is 1.89. The van der Waals surface area contributed by atoms with Crippen LogP contribution >= 0.6 is 11.8 Å². The Labute approximate surface area is 104 Å². The first-order chi connectivity index (χ1) is 7.67. The first-order valence-electron chi connectivity index (χ1n) is 6.16. The van der Waals surface area contributed by atoms with E-state index < -0.39 is 0 Å². The highest BCUT2D eigenvalue weighted by Gasteiger charge is 2.07. The molecule has 2 atom stereocenters. The molecular weight excluding hydrogens is 214 g/mol. The predicted molar refractivity (Wildman–Crippen MR) is 74.1 cm³/mol. The van der Waals surface area contributed by atoms with E-state index in [9.17, 15) is 0 Å². The van der Waals surface area contributed by atoms with Gasteiger partial charge in [-0.3, -0.25) is 0 Å². The molecule has 0 aliphatic carbocycles. The summed E-state index contributed by atoms with van der Waals surface area (Å²) in [5.74, 6) is 1.14. The van der Waals surface area contributed by atoms with Gasteiger partial charge in [0.05, 0.1) is 0 Å². The molecule has 1 nitrogen and oxygen atoms in total. The molecule has 1 aromatic carbocycles. The molecule has 0 fully saturated rings. The van der Waals surface area contributed by atoms with Crippen molar-refractivity contribution in [2.24, 2.45) is 0 Å². The molecule has 1 N–H and O–H groups in total. The molecule has 0 spiro atoms. The second-order valence-corrected chi connectivity index (χ2v) is 5.54. The smallest absolute Gasteiger partial charge is 0.0294 e. The van der Waals surface area contributed by atoms with Gasteiger partial charge in [-0.2, -0.15) is 0 Å². The summed E-state index contributed by atoms with van der Waals surface area (Å²) in [7, 11) is 0. The van der Waals surface area contributed by atoms with Crippen LogP contribution in [0.25, 0.3) is 0 Å². The first kappa shape index (κ1) is 13.6. The average molecular weight is 237 g/mol. The Kier molecular flexibility index (Phi) is 5.93. The molecule has 0 aliphatic heterocycles. The van der Waals surface area contributed by atoms with Crippen molar-refractivity contribution in [2.45, 2.75) is 51.1 Å². The number of benzene rings is 1. The first-order valence-corrected chi connectivity index (χ1v) is 7.14. The Morgan fingerprint density at radius 3 is 2.25 bits per heavy atom. The normalized spacial score (nSPS) is 14.8. The molecule has 2 heteroatoms. The van der Waals surface area contributed by atoms with Crippen LogP contribution in [0.3, 0.4) is 0 Å². The Hall–Kier alpha value is -0.470. The minimum atomic E-state index is 0.440. The van der Waals surface area contributed by atoms with Crippen LogP contribution < -0.4 is 5.32 Å². The fourth-order valence-corrected chi connectivity index (χ4v) is 2.32. The summed E-state index contributed by atoms with van der Waals surface area (Å²) < 4.78 is 0. The summed E-state index contributed by atoms with van der Waals surface area (Å²) in [6.07, 6.45) is 1.17. The Balaban J connectivity index is 2.59. The van der Waals surface area contributed by atoms with Gasteiger partial charge in [-0.05, 0) is 43.7 Å². The molecule has 16 heavy (non-hydrogen) atoms. The third-order valence-electron chi connectivity index (χ3n) is 2.84. The highest BCUT2D eigenvalue weighted by molar-refractivity contribution is 7.99. The van der Waals surface area contributed by atoms with Crippen molar-refractivity contribution >= 4 is 11.8 Å². The summed E-state index contributed by atoms with van der Waals surface area (Å²) in [4.78, 5) is 1.36. The minimum Gasteiger partial charge on any atom is -0.308 e. The van der Waals surface area contributed by atoms with Crippen LogP contribution in [0.1, 0.15) is 45.7 Å². The summed E-state index contributed by atoms with van der Waals surface area (Å²) in [6, 6.07) is 9.93. The van der Waals surface area contributed by atoms with Gasteiger partial charge >= 0.3 is 0 Å². The molecule has 0 aromatic heterocycles.